The highest BCUT2D eigenvalue weighted by atomic mass is 16.5. The van der Waals surface area contributed by atoms with Crippen molar-refractivity contribution in [3.63, 3.8) is 0 Å². The standard InChI is InChI=1S/C26H32N2O7/c1-5-33-22-14-17-12-13-28(21(16-24(29)32-4)19(17)15-23(22)34-6-2)26(31)27-20-11-9-8-10-18(20)25(30)35-7-3/h8-11,14-15,21H,5-7,12-13,16H2,1-4H3,(H,27,31). The summed E-state index contributed by atoms with van der Waals surface area (Å²) in [5, 5.41) is 2.82. The van der Waals surface area contributed by atoms with Gasteiger partial charge >= 0.3 is 18.0 Å². The van der Waals surface area contributed by atoms with Gasteiger partial charge in [-0.3, -0.25) is 4.79 Å². The minimum Gasteiger partial charge on any atom is -0.490 e. The third-order valence-electron chi connectivity index (χ3n) is 5.68. The number of benzene rings is 2. The molecule has 0 aliphatic carbocycles. The number of nitrogens with one attached hydrogen (secondary N) is 1. The Morgan fingerprint density at radius 2 is 1.69 bits per heavy atom. The summed E-state index contributed by atoms with van der Waals surface area (Å²) in [7, 11) is 1.32. The molecule has 1 heterocycles. The molecule has 2 aromatic carbocycles. The zero-order valence-corrected chi connectivity index (χ0v) is 20.6. The quantitative estimate of drug-likeness (QED) is 0.528. The third kappa shape index (κ3) is 6.03. The fraction of sp³-hybridized carbons (Fsp3) is 0.423. The Kier molecular flexibility index (Phi) is 8.94. The minimum absolute atomic E-state index is 0.0318. The van der Waals surface area contributed by atoms with Gasteiger partial charge in [0.25, 0.3) is 0 Å². The van der Waals surface area contributed by atoms with Gasteiger partial charge in [0.2, 0.25) is 0 Å². The number of urea groups is 1. The van der Waals surface area contributed by atoms with Gasteiger partial charge in [0.15, 0.2) is 11.5 Å². The van der Waals surface area contributed by atoms with E-state index in [4.69, 9.17) is 18.9 Å². The molecule has 1 atom stereocenters. The molecule has 9 nitrogen and oxygen atoms in total. The van der Waals surface area contributed by atoms with Crippen molar-refractivity contribution in [2.45, 2.75) is 39.7 Å². The summed E-state index contributed by atoms with van der Waals surface area (Å²) in [5.41, 5.74) is 2.36. The van der Waals surface area contributed by atoms with Crippen LogP contribution in [-0.2, 0) is 20.7 Å². The molecular weight excluding hydrogens is 452 g/mol. The first-order valence-electron chi connectivity index (χ1n) is 11.8. The average molecular weight is 485 g/mol. The van der Waals surface area contributed by atoms with Crippen LogP contribution in [-0.4, -0.2) is 56.3 Å². The molecule has 1 N–H and O–H groups in total. The second kappa shape index (κ2) is 12.1. The first-order valence-corrected chi connectivity index (χ1v) is 11.8. The van der Waals surface area contributed by atoms with Crippen LogP contribution in [0.25, 0.3) is 0 Å². The maximum atomic E-state index is 13.4. The van der Waals surface area contributed by atoms with Crippen LogP contribution in [0.3, 0.4) is 0 Å². The molecule has 1 aliphatic heterocycles. The van der Waals surface area contributed by atoms with Crippen LogP contribution in [0.1, 0.15) is 54.7 Å². The lowest BCUT2D eigenvalue weighted by Gasteiger charge is -2.37. The molecule has 0 bridgehead atoms. The van der Waals surface area contributed by atoms with E-state index in [1.807, 2.05) is 26.0 Å². The number of amides is 2. The number of para-hydroxylation sites is 1. The highest BCUT2D eigenvalue weighted by Gasteiger charge is 2.34. The number of methoxy groups -OCH3 is 1. The van der Waals surface area contributed by atoms with Gasteiger partial charge in [-0.15, -0.1) is 0 Å². The Hall–Kier alpha value is -3.75. The van der Waals surface area contributed by atoms with E-state index in [9.17, 15) is 14.4 Å². The number of hydrogen-bond acceptors (Lipinski definition) is 7. The zero-order valence-electron chi connectivity index (χ0n) is 20.6. The van der Waals surface area contributed by atoms with E-state index < -0.39 is 24.0 Å². The predicted molar refractivity (Wildman–Crippen MR) is 130 cm³/mol. The molecule has 35 heavy (non-hydrogen) atoms. The summed E-state index contributed by atoms with van der Waals surface area (Å²) in [6, 6.07) is 9.38. The first-order chi connectivity index (χ1) is 16.9. The fourth-order valence-corrected chi connectivity index (χ4v) is 4.12. The van der Waals surface area contributed by atoms with Gasteiger partial charge in [-0.1, -0.05) is 12.1 Å². The van der Waals surface area contributed by atoms with Crippen LogP contribution in [0, 0.1) is 0 Å². The van der Waals surface area contributed by atoms with Crippen molar-refractivity contribution in [1.82, 2.24) is 4.90 Å². The average Bonchev–Trinajstić information content (AvgIpc) is 2.85. The lowest BCUT2D eigenvalue weighted by Crippen LogP contribution is -2.43. The van der Waals surface area contributed by atoms with E-state index in [0.717, 1.165) is 11.1 Å². The molecule has 0 saturated heterocycles. The van der Waals surface area contributed by atoms with Crippen molar-refractivity contribution in [3.05, 3.63) is 53.1 Å². The first kappa shape index (κ1) is 25.9. The van der Waals surface area contributed by atoms with Crippen LogP contribution in [0.15, 0.2) is 36.4 Å². The number of anilines is 1. The minimum atomic E-state index is -0.587. The lowest BCUT2D eigenvalue weighted by molar-refractivity contribution is -0.141. The Balaban J connectivity index is 1.96. The molecule has 0 aromatic heterocycles. The maximum absolute atomic E-state index is 13.4. The van der Waals surface area contributed by atoms with Gasteiger partial charge in [0, 0.05) is 6.54 Å². The van der Waals surface area contributed by atoms with Crippen LogP contribution in [0.2, 0.25) is 0 Å². The number of rotatable bonds is 9. The number of esters is 2. The van der Waals surface area contributed by atoms with E-state index >= 15 is 0 Å². The molecule has 0 spiro atoms. The number of nitrogens with zero attached hydrogens (tertiary/aromatic N) is 1. The summed E-state index contributed by atoms with van der Waals surface area (Å²) in [6.45, 7) is 7.00. The normalized spacial score (nSPS) is 14.5. The maximum Gasteiger partial charge on any atom is 0.340 e. The summed E-state index contributed by atoms with van der Waals surface area (Å²) in [6.07, 6.45) is 0.530. The molecule has 0 saturated carbocycles. The number of hydrogen-bond donors (Lipinski definition) is 1. The monoisotopic (exact) mass is 484 g/mol. The molecular formula is C26H32N2O7. The number of carbonyl (C=O) groups excluding carboxylic acids is 3. The number of carbonyl (C=O) groups is 3. The predicted octanol–water partition coefficient (Wildman–Crippen LogP) is 4.36. The van der Waals surface area contributed by atoms with E-state index in [1.165, 1.54) is 7.11 Å². The van der Waals surface area contributed by atoms with Gasteiger partial charge in [-0.2, -0.15) is 0 Å². The van der Waals surface area contributed by atoms with E-state index in [1.54, 1.807) is 36.1 Å². The Labute approximate surface area is 205 Å². The van der Waals surface area contributed by atoms with Gasteiger partial charge in [-0.25, -0.2) is 9.59 Å². The highest BCUT2D eigenvalue weighted by molar-refractivity contribution is 6.01. The second-order valence-corrected chi connectivity index (χ2v) is 7.80. The van der Waals surface area contributed by atoms with E-state index in [0.29, 0.717) is 43.4 Å². The van der Waals surface area contributed by atoms with Crippen LogP contribution >= 0.6 is 0 Å². The van der Waals surface area contributed by atoms with Gasteiger partial charge in [0.1, 0.15) is 0 Å². The molecule has 188 valence electrons. The van der Waals surface area contributed by atoms with Crippen LogP contribution in [0.5, 0.6) is 11.5 Å². The molecule has 2 aromatic rings. The van der Waals surface area contributed by atoms with Gasteiger partial charge in [0.05, 0.1) is 50.6 Å². The van der Waals surface area contributed by atoms with Crippen LogP contribution < -0.4 is 14.8 Å². The summed E-state index contributed by atoms with van der Waals surface area (Å²) in [4.78, 5) is 39.7. The van der Waals surface area contributed by atoms with Crippen molar-refractivity contribution in [2.75, 3.05) is 38.8 Å². The zero-order chi connectivity index (χ0) is 25.4. The lowest BCUT2D eigenvalue weighted by atomic mass is 9.90. The molecule has 1 aliphatic rings. The van der Waals surface area contributed by atoms with E-state index in [-0.39, 0.29) is 18.6 Å². The van der Waals surface area contributed by atoms with Crippen molar-refractivity contribution >= 4 is 23.7 Å². The summed E-state index contributed by atoms with van der Waals surface area (Å²) in [5.74, 6) is 0.215. The molecule has 0 radical (unpaired) electrons. The van der Waals surface area contributed by atoms with Crippen molar-refractivity contribution in [1.29, 1.82) is 0 Å². The van der Waals surface area contributed by atoms with Crippen LogP contribution in [0.4, 0.5) is 10.5 Å². The molecule has 9 heteroatoms. The van der Waals surface area contributed by atoms with Crippen molar-refractivity contribution in [2.24, 2.45) is 0 Å². The topological polar surface area (TPSA) is 103 Å². The number of ether oxygens (including phenoxy) is 4. The molecule has 1 unspecified atom stereocenters. The Bertz CT molecular complexity index is 1070. The third-order valence-corrected chi connectivity index (χ3v) is 5.68. The van der Waals surface area contributed by atoms with Crippen molar-refractivity contribution < 1.29 is 33.3 Å². The summed E-state index contributed by atoms with van der Waals surface area (Å²) >= 11 is 0. The Morgan fingerprint density at radius 3 is 2.34 bits per heavy atom. The number of fused-ring (bicyclic) bond motifs is 1. The Morgan fingerprint density at radius 1 is 1.00 bits per heavy atom. The second-order valence-electron chi connectivity index (χ2n) is 7.80. The van der Waals surface area contributed by atoms with E-state index in [2.05, 4.69) is 5.32 Å². The molecule has 2 amide bonds. The summed E-state index contributed by atoms with van der Waals surface area (Å²) < 4.78 is 21.6. The van der Waals surface area contributed by atoms with Crippen molar-refractivity contribution in [3.8, 4) is 11.5 Å². The van der Waals surface area contributed by atoms with Gasteiger partial charge < -0.3 is 29.2 Å². The highest BCUT2D eigenvalue weighted by Crippen LogP contribution is 2.40. The smallest absolute Gasteiger partial charge is 0.340 e. The SMILES string of the molecule is CCOC(=O)c1ccccc1NC(=O)N1CCc2cc(OCC)c(OCC)cc2C1CC(=O)OC. The van der Waals surface area contributed by atoms with Gasteiger partial charge in [-0.05, 0) is 62.6 Å². The molecule has 3 rings (SSSR count). The largest absolute Gasteiger partial charge is 0.490 e. The fourth-order valence-electron chi connectivity index (χ4n) is 4.12. The molecule has 0 fully saturated rings.